The Morgan fingerprint density at radius 1 is 0.660 bits per heavy atom. The van der Waals surface area contributed by atoms with E-state index < -0.39 is 0 Å². The number of aromatic nitrogens is 4. The normalized spacial score (nSPS) is 13.3. The van der Waals surface area contributed by atoms with E-state index in [9.17, 15) is 0 Å². The average molecular weight is 645 g/mol. The lowest BCUT2D eigenvalue weighted by Gasteiger charge is -2.22. The van der Waals surface area contributed by atoms with Gasteiger partial charge in [0.05, 0.1) is 5.52 Å². The monoisotopic (exact) mass is 644 g/mol. The predicted molar refractivity (Wildman–Crippen MR) is 210 cm³/mol. The third-order valence-corrected chi connectivity index (χ3v) is 10.5. The van der Waals surface area contributed by atoms with Crippen LogP contribution in [0.2, 0.25) is 0 Å². The van der Waals surface area contributed by atoms with Crippen LogP contribution in [0.4, 0.5) is 0 Å². The number of hydrogen-bond acceptors (Lipinski definition) is 2. The van der Waals surface area contributed by atoms with Gasteiger partial charge in [0.15, 0.2) is 11.5 Å². The summed E-state index contributed by atoms with van der Waals surface area (Å²) < 4.78 is 4.43. The van der Waals surface area contributed by atoms with Gasteiger partial charge >= 0.3 is 0 Å². The number of aryl methyl sites for hydroxylation is 1. The van der Waals surface area contributed by atoms with Gasteiger partial charge in [0, 0.05) is 38.8 Å². The first-order valence-electron chi connectivity index (χ1n) is 17.1. The fraction of sp³-hybridized carbons (Fsp3) is 0.0870. The maximum Gasteiger partial charge on any atom is 0.169 e. The second-order valence-electron chi connectivity index (χ2n) is 13.7. The summed E-state index contributed by atoms with van der Waals surface area (Å²) in [4.78, 5) is 0. The van der Waals surface area contributed by atoms with Crippen molar-refractivity contribution in [1.82, 2.24) is 19.2 Å². The summed E-state index contributed by atoms with van der Waals surface area (Å²) >= 11 is 0. The highest BCUT2D eigenvalue weighted by Gasteiger charge is 2.35. The van der Waals surface area contributed by atoms with Gasteiger partial charge in [0.25, 0.3) is 0 Å². The van der Waals surface area contributed by atoms with Crippen LogP contribution >= 0.6 is 0 Å². The summed E-state index contributed by atoms with van der Waals surface area (Å²) in [7, 11) is 0. The largest absolute Gasteiger partial charge is 0.310 e. The van der Waals surface area contributed by atoms with Gasteiger partial charge < -0.3 is 4.57 Å². The summed E-state index contributed by atoms with van der Waals surface area (Å²) in [5.74, 6) is 0.812. The van der Waals surface area contributed by atoms with Crippen molar-refractivity contribution in [1.29, 1.82) is 0 Å². The first-order valence-corrected chi connectivity index (χ1v) is 17.1. The molecule has 0 fully saturated rings. The van der Waals surface area contributed by atoms with E-state index in [1.807, 2.05) is 12.2 Å². The van der Waals surface area contributed by atoms with Gasteiger partial charge in [-0.25, -0.2) is 0 Å². The standard InChI is InChI=1S/C46H36N4/c1-6-8-17-42-29(3)26-33(7-2)49(42)34-22-18-30(19-23-34)44-47-48-45-38-15-10-9-13-35(38)39-27-31(21-25-43(39)50(44)45)32-20-24-37-36-14-11-12-16-40(36)46(4,5)41(37)28-32/h6-28H,1-2H2,3-5H3. The van der Waals surface area contributed by atoms with Gasteiger partial charge in [0.2, 0.25) is 0 Å². The number of pyridine rings is 1. The molecule has 4 heteroatoms. The quantitative estimate of drug-likeness (QED) is 0.133. The molecule has 8 aromatic rings. The van der Waals surface area contributed by atoms with Crippen LogP contribution in [-0.4, -0.2) is 19.2 Å². The molecular weight excluding hydrogens is 609 g/mol. The minimum Gasteiger partial charge on any atom is -0.310 e. The second kappa shape index (κ2) is 11.1. The molecule has 9 rings (SSSR count). The topological polar surface area (TPSA) is 35.1 Å². The highest BCUT2D eigenvalue weighted by atomic mass is 15.2. The average Bonchev–Trinajstić information content (AvgIpc) is 3.81. The molecule has 3 heterocycles. The molecule has 5 aromatic carbocycles. The van der Waals surface area contributed by atoms with Gasteiger partial charge in [-0.1, -0.05) is 106 Å². The minimum absolute atomic E-state index is 0.0537. The number of allylic oxidation sites excluding steroid dienone is 2. The number of hydrogen-bond donors (Lipinski definition) is 0. The molecule has 0 spiro atoms. The van der Waals surface area contributed by atoms with E-state index >= 15 is 0 Å². The zero-order valence-corrected chi connectivity index (χ0v) is 28.5. The van der Waals surface area contributed by atoms with Gasteiger partial charge in [-0.05, 0) is 112 Å². The molecule has 0 N–H and O–H groups in total. The Hall–Kier alpha value is -6.26. The van der Waals surface area contributed by atoms with Gasteiger partial charge in [-0.15, -0.1) is 10.2 Å². The molecule has 0 aliphatic heterocycles. The molecule has 50 heavy (non-hydrogen) atoms. The Morgan fingerprint density at radius 2 is 1.36 bits per heavy atom. The fourth-order valence-corrected chi connectivity index (χ4v) is 8.04. The second-order valence-corrected chi connectivity index (χ2v) is 13.7. The maximum atomic E-state index is 4.79. The van der Waals surface area contributed by atoms with Crippen molar-refractivity contribution in [3.05, 3.63) is 169 Å². The molecule has 240 valence electrons. The molecule has 0 amide bonds. The highest BCUT2D eigenvalue weighted by Crippen LogP contribution is 2.49. The van der Waals surface area contributed by atoms with Crippen LogP contribution in [0.3, 0.4) is 0 Å². The summed E-state index contributed by atoms with van der Waals surface area (Å²) in [5.41, 5.74) is 15.1. The number of rotatable bonds is 6. The van der Waals surface area contributed by atoms with Crippen molar-refractivity contribution >= 4 is 39.5 Å². The number of nitrogens with zero attached hydrogens (tertiary/aromatic N) is 4. The summed E-state index contributed by atoms with van der Waals surface area (Å²) in [6.07, 6.45) is 7.75. The molecule has 0 saturated carbocycles. The van der Waals surface area contributed by atoms with Crippen LogP contribution in [0.5, 0.6) is 0 Å². The van der Waals surface area contributed by atoms with Crippen LogP contribution in [-0.2, 0) is 5.41 Å². The SMILES string of the molecule is C=CC=Cc1c(C)cc(C=C)n1-c1ccc(-c2nnc3c4ccccc4c4cc(-c5ccc6c(c5)C(C)(C)c5ccccc5-6)ccc4n23)cc1. The lowest BCUT2D eigenvalue weighted by atomic mass is 9.81. The van der Waals surface area contributed by atoms with Crippen molar-refractivity contribution in [2.24, 2.45) is 0 Å². The van der Waals surface area contributed by atoms with Crippen LogP contribution in [0.25, 0.3) is 78.8 Å². The van der Waals surface area contributed by atoms with E-state index in [4.69, 9.17) is 10.2 Å². The summed E-state index contributed by atoms with van der Waals surface area (Å²) in [5, 5.41) is 13.0. The maximum absolute atomic E-state index is 4.79. The molecule has 1 aliphatic rings. The minimum atomic E-state index is -0.0537. The highest BCUT2D eigenvalue weighted by molar-refractivity contribution is 6.13. The first-order chi connectivity index (χ1) is 24.4. The molecule has 0 bridgehead atoms. The van der Waals surface area contributed by atoms with E-state index in [0.29, 0.717) is 0 Å². The van der Waals surface area contributed by atoms with E-state index in [1.54, 1.807) is 6.08 Å². The lowest BCUT2D eigenvalue weighted by Crippen LogP contribution is -2.14. The van der Waals surface area contributed by atoms with Crippen LogP contribution < -0.4 is 0 Å². The van der Waals surface area contributed by atoms with Gasteiger partial charge in [-0.3, -0.25) is 4.40 Å². The molecular formula is C46H36N4. The summed E-state index contributed by atoms with van der Waals surface area (Å²) in [6, 6.07) is 41.8. The van der Waals surface area contributed by atoms with E-state index in [0.717, 1.165) is 45.0 Å². The molecule has 0 radical (unpaired) electrons. The van der Waals surface area contributed by atoms with Crippen LogP contribution in [0.1, 0.15) is 41.9 Å². The molecule has 1 aliphatic carbocycles. The van der Waals surface area contributed by atoms with Crippen molar-refractivity contribution < 1.29 is 0 Å². The van der Waals surface area contributed by atoms with Gasteiger partial charge in [0.1, 0.15) is 0 Å². The number of benzene rings is 5. The Kier molecular flexibility index (Phi) is 6.65. The summed E-state index contributed by atoms with van der Waals surface area (Å²) in [6.45, 7) is 14.7. The molecule has 0 atom stereocenters. The van der Waals surface area contributed by atoms with Crippen molar-refractivity contribution in [3.8, 4) is 39.3 Å². The fourth-order valence-electron chi connectivity index (χ4n) is 8.04. The molecule has 3 aromatic heterocycles. The van der Waals surface area contributed by atoms with Crippen molar-refractivity contribution in [2.75, 3.05) is 0 Å². The Morgan fingerprint density at radius 3 is 2.16 bits per heavy atom. The zero-order valence-electron chi connectivity index (χ0n) is 28.5. The third-order valence-electron chi connectivity index (χ3n) is 10.5. The molecule has 0 unspecified atom stereocenters. The Labute approximate surface area is 292 Å². The lowest BCUT2D eigenvalue weighted by molar-refractivity contribution is 0.660. The smallest absolute Gasteiger partial charge is 0.169 e. The zero-order chi connectivity index (χ0) is 34.1. The Bertz CT molecular complexity index is 2710. The van der Waals surface area contributed by atoms with Crippen LogP contribution in [0, 0.1) is 6.92 Å². The van der Waals surface area contributed by atoms with E-state index in [1.165, 1.54) is 49.7 Å². The van der Waals surface area contributed by atoms with Crippen molar-refractivity contribution in [2.45, 2.75) is 26.2 Å². The number of fused-ring (bicyclic) bond motifs is 9. The predicted octanol–water partition coefficient (Wildman–Crippen LogP) is 11.6. The van der Waals surface area contributed by atoms with E-state index in [2.05, 4.69) is 164 Å². The molecule has 4 nitrogen and oxygen atoms in total. The third kappa shape index (κ3) is 4.31. The molecule has 0 saturated heterocycles. The van der Waals surface area contributed by atoms with Crippen LogP contribution in [0.15, 0.2) is 141 Å². The van der Waals surface area contributed by atoms with Crippen molar-refractivity contribution in [3.63, 3.8) is 0 Å². The van der Waals surface area contributed by atoms with E-state index in [-0.39, 0.29) is 5.41 Å². The van der Waals surface area contributed by atoms with Gasteiger partial charge in [-0.2, -0.15) is 0 Å². The Balaban J connectivity index is 1.19. The first kappa shape index (κ1) is 29.8.